The Labute approximate surface area is 238 Å². The number of hydrogen-bond acceptors (Lipinski definition) is 6. The number of carbonyl (C=O) groups excluding carboxylic acids is 2. The topological polar surface area (TPSA) is 114 Å². The predicted octanol–water partition coefficient (Wildman–Crippen LogP) is 4.02. The highest BCUT2D eigenvalue weighted by molar-refractivity contribution is 7.92. The maximum absolute atomic E-state index is 13.2. The molecule has 0 aromatic heterocycles. The summed E-state index contributed by atoms with van der Waals surface area (Å²) < 4.78 is 39.5. The lowest BCUT2D eigenvalue weighted by Gasteiger charge is -2.34. The number of ether oxygens (including phenoxy) is 2. The van der Waals surface area contributed by atoms with Gasteiger partial charge in [0.05, 0.1) is 17.1 Å². The molecule has 1 aliphatic rings. The highest BCUT2D eigenvalue weighted by atomic mass is 32.2. The summed E-state index contributed by atoms with van der Waals surface area (Å²) in [5, 5.41) is 2.89. The van der Waals surface area contributed by atoms with Crippen molar-refractivity contribution in [3.63, 3.8) is 0 Å². The van der Waals surface area contributed by atoms with E-state index >= 15 is 0 Å². The van der Waals surface area contributed by atoms with Gasteiger partial charge in [0.2, 0.25) is 0 Å². The molecule has 0 spiro atoms. The highest BCUT2D eigenvalue weighted by Crippen LogP contribution is 2.33. The third-order valence-corrected chi connectivity index (χ3v) is 7.84. The number of sulfonamides is 1. The molecular weight excluding hydrogens is 542 g/mol. The Hall–Kier alpha value is -4.83. The first-order valence-electron chi connectivity index (χ1n) is 13.1. The molecule has 0 fully saturated rings. The minimum atomic E-state index is -3.78. The van der Waals surface area contributed by atoms with Crippen LogP contribution in [0.4, 0.5) is 11.4 Å². The molecule has 9 nitrogen and oxygen atoms in total. The van der Waals surface area contributed by atoms with Gasteiger partial charge in [-0.05, 0) is 60.5 Å². The zero-order chi connectivity index (χ0) is 28.7. The van der Waals surface area contributed by atoms with E-state index in [1.54, 1.807) is 54.6 Å². The quantitative estimate of drug-likeness (QED) is 0.297. The Morgan fingerprint density at radius 2 is 1.51 bits per heavy atom. The number of benzene rings is 4. The third kappa shape index (κ3) is 7.03. The molecule has 0 radical (unpaired) electrons. The van der Waals surface area contributed by atoms with Crippen molar-refractivity contribution >= 4 is 33.2 Å². The van der Waals surface area contributed by atoms with Gasteiger partial charge in [0.25, 0.3) is 21.8 Å². The summed E-state index contributed by atoms with van der Waals surface area (Å²) in [6.07, 6.45) is -0.208. The second-order valence-electron chi connectivity index (χ2n) is 9.34. The lowest BCUT2D eigenvalue weighted by molar-refractivity contribution is -0.128. The Morgan fingerprint density at radius 3 is 2.24 bits per heavy atom. The average Bonchev–Trinajstić information content (AvgIpc) is 3.00. The molecule has 5 rings (SSSR count). The van der Waals surface area contributed by atoms with Crippen molar-refractivity contribution in [2.24, 2.45) is 0 Å². The van der Waals surface area contributed by atoms with Crippen molar-refractivity contribution < 1.29 is 27.5 Å². The molecule has 1 heterocycles. The molecule has 2 N–H and O–H groups in total. The van der Waals surface area contributed by atoms with Gasteiger partial charge in [0, 0.05) is 12.2 Å². The smallest absolute Gasteiger partial charge is 0.265 e. The number of anilines is 2. The Morgan fingerprint density at radius 1 is 0.854 bits per heavy atom. The number of para-hydroxylation sites is 3. The van der Waals surface area contributed by atoms with E-state index in [4.69, 9.17) is 9.47 Å². The van der Waals surface area contributed by atoms with Crippen LogP contribution in [0.25, 0.3) is 0 Å². The molecule has 1 aliphatic heterocycles. The molecule has 10 heteroatoms. The summed E-state index contributed by atoms with van der Waals surface area (Å²) >= 11 is 0. The van der Waals surface area contributed by atoms with E-state index in [1.807, 2.05) is 30.3 Å². The number of amides is 2. The van der Waals surface area contributed by atoms with E-state index in [1.165, 1.54) is 29.2 Å². The molecule has 0 saturated heterocycles. The number of hydrogen-bond donors (Lipinski definition) is 2. The fourth-order valence-electron chi connectivity index (χ4n) is 4.35. The molecule has 0 aliphatic carbocycles. The minimum Gasteiger partial charge on any atom is -0.484 e. The number of rotatable bonds is 10. The molecule has 0 bridgehead atoms. The summed E-state index contributed by atoms with van der Waals surface area (Å²) in [5.41, 5.74) is 2.10. The summed E-state index contributed by atoms with van der Waals surface area (Å²) in [5.74, 6) is 0.0740. The molecule has 0 saturated carbocycles. The van der Waals surface area contributed by atoms with Crippen LogP contribution in [0.15, 0.2) is 114 Å². The first-order valence-corrected chi connectivity index (χ1v) is 14.6. The molecule has 41 heavy (non-hydrogen) atoms. The van der Waals surface area contributed by atoms with Gasteiger partial charge >= 0.3 is 0 Å². The van der Waals surface area contributed by atoms with Crippen LogP contribution in [0.1, 0.15) is 5.56 Å². The second kappa shape index (κ2) is 12.6. The fraction of sp³-hybridized carbons (Fsp3) is 0.161. The minimum absolute atomic E-state index is 0.0265. The van der Waals surface area contributed by atoms with Gasteiger partial charge < -0.3 is 19.7 Å². The van der Waals surface area contributed by atoms with Gasteiger partial charge in [-0.3, -0.25) is 14.3 Å². The van der Waals surface area contributed by atoms with Crippen LogP contribution >= 0.6 is 0 Å². The van der Waals surface area contributed by atoms with Crippen LogP contribution < -0.4 is 24.4 Å². The monoisotopic (exact) mass is 571 g/mol. The summed E-state index contributed by atoms with van der Waals surface area (Å²) in [4.78, 5) is 27.7. The van der Waals surface area contributed by atoms with Crippen molar-refractivity contribution in [3.05, 3.63) is 115 Å². The van der Waals surface area contributed by atoms with Crippen LogP contribution in [0.3, 0.4) is 0 Å². The molecule has 210 valence electrons. The van der Waals surface area contributed by atoms with E-state index in [2.05, 4.69) is 10.0 Å². The van der Waals surface area contributed by atoms with E-state index < -0.39 is 16.1 Å². The first-order chi connectivity index (χ1) is 19.9. The summed E-state index contributed by atoms with van der Waals surface area (Å²) in [6.45, 7) is 0.151. The van der Waals surface area contributed by atoms with E-state index in [-0.39, 0.29) is 29.9 Å². The van der Waals surface area contributed by atoms with Crippen LogP contribution in [-0.4, -0.2) is 46.0 Å². The molecular formula is C31H29N3O6S. The van der Waals surface area contributed by atoms with E-state index in [0.717, 1.165) is 5.56 Å². The molecule has 2 amide bonds. The summed E-state index contributed by atoms with van der Waals surface area (Å²) in [6, 6.07) is 31.2. The number of nitrogens with zero attached hydrogens (tertiary/aromatic N) is 1. The second-order valence-corrected chi connectivity index (χ2v) is 11.0. The maximum Gasteiger partial charge on any atom is 0.265 e. The summed E-state index contributed by atoms with van der Waals surface area (Å²) in [7, 11) is -3.78. The van der Waals surface area contributed by atoms with Crippen molar-refractivity contribution in [2.45, 2.75) is 17.4 Å². The Balaban J connectivity index is 1.19. The Kier molecular flexibility index (Phi) is 8.50. The predicted molar refractivity (Wildman–Crippen MR) is 156 cm³/mol. The average molecular weight is 572 g/mol. The maximum atomic E-state index is 13.2. The van der Waals surface area contributed by atoms with Gasteiger partial charge in [-0.15, -0.1) is 0 Å². The van der Waals surface area contributed by atoms with Crippen molar-refractivity contribution in [3.8, 4) is 11.5 Å². The van der Waals surface area contributed by atoms with Crippen LogP contribution in [-0.2, 0) is 26.0 Å². The van der Waals surface area contributed by atoms with Crippen LogP contribution in [0.5, 0.6) is 11.5 Å². The molecule has 1 unspecified atom stereocenters. The molecule has 4 aromatic rings. The van der Waals surface area contributed by atoms with E-state index in [0.29, 0.717) is 35.8 Å². The standard InChI is InChI=1S/C31H29N3O6S/c35-30(22-39-25-15-17-26(18-16-25)41(37,38)33-24-11-5-2-6-12-24)34-21-29(40-28-14-8-7-13-27(28)34)31(36)32-20-19-23-9-3-1-4-10-23/h1-18,29,33H,19-22H2,(H,32,36). The van der Waals surface area contributed by atoms with Crippen LogP contribution in [0, 0.1) is 0 Å². The first kappa shape index (κ1) is 27.7. The van der Waals surface area contributed by atoms with Crippen molar-refractivity contribution in [1.82, 2.24) is 5.32 Å². The number of fused-ring (bicyclic) bond motifs is 1. The van der Waals surface area contributed by atoms with Crippen molar-refractivity contribution in [1.29, 1.82) is 0 Å². The SMILES string of the molecule is O=C(NCCc1ccccc1)C1CN(C(=O)COc2ccc(S(=O)(=O)Nc3ccccc3)cc2)c2ccccc2O1. The van der Waals surface area contributed by atoms with Gasteiger partial charge in [-0.25, -0.2) is 8.42 Å². The lowest BCUT2D eigenvalue weighted by Crippen LogP contribution is -2.52. The largest absolute Gasteiger partial charge is 0.484 e. The van der Waals surface area contributed by atoms with Gasteiger partial charge in [0.15, 0.2) is 12.7 Å². The molecule has 4 aromatic carbocycles. The van der Waals surface area contributed by atoms with Crippen molar-refractivity contribution in [2.75, 3.05) is 29.3 Å². The van der Waals surface area contributed by atoms with Gasteiger partial charge in [0.1, 0.15) is 11.5 Å². The van der Waals surface area contributed by atoms with Gasteiger partial charge in [-0.2, -0.15) is 0 Å². The number of carbonyl (C=O) groups is 2. The van der Waals surface area contributed by atoms with Gasteiger partial charge in [-0.1, -0.05) is 60.7 Å². The zero-order valence-corrected chi connectivity index (χ0v) is 22.9. The van der Waals surface area contributed by atoms with Crippen LogP contribution in [0.2, 0.25) is 0 Å². The highest BCUT2D eigenvalue weighted by Gasteiger charge is 2.33. The fourth-order valence-corrected chi connectivity index (χ4v) is 5.41. The Bertz CT molecular complexity index is 1600. The zero-order valence-electron chi connectivity index (χ0n) is 22.1. The lowest BCUT2D eigenvalue weighted by atomic mass is 10.1. The molecule has 1 atom stereocenters. The normalized spacial score (nSPS) is 14.3. The number of nitrogens with one attached hydrogen (secondary N) is 2. The third-order valence-electron chi connectivity index (χ3n) is 6.45. The van der Waals surface area contributed by atoms with E-state index in [9.17, 15) is 18.0 Å².